The Morgan fingerprint density at radius 3 is 2.38 bits per heavy atom. The van der Waals surface area contributed by atoms with E-state index in [1.165, 1.54) is 0 Å². The van der Waals surface area contributed by atoms with E-state index >= 15 is 0 Å². The second kappa shape index (κ2) is 6.75. The highest BCUT2D eigenvalue weighted by molar-refractivity contribution is 5.87. The predicted octanol–water partition coefficient (Wildman–Crippen LogP) is -0.312. The van der Waals surface area contributed by atoms with Crippen molar-refractivity contribution in [3.63, 3.8) is 0 Å². The zero-order chi connectivity index (χ0) is 16.2. The van der Waals surface area contributed by atoms with Gasteiger partial charge in [-0.2, -0.15) is 0 Å². The molecule has 0 aromatic rings. The Kier molecular flexibility index (Phi) is 5.54. The quantitative estimate of drug-likeness (QED) is 0.568. The molecule has 0 aromatic heterocycles. The van der Waals surface area contributed by atoms with Crippen LogP contribution in [0.25, 0.3) is 0 Å². The van der Waals surface area contributed by atoms with Crippen molar-refractivity contribution in [2.45, 2.75) is 45.3 Å². The molecule has 0 aromatic carbocycles. The van der Waals surface area contributed by atoms with E-state index in [9.17, 15) is 14.4 Å². The second-order valence-electron chi connectivity index (χ2n) is 6.17. The van der Waals surface area contributed by atoms with Crippen LogP contribution in [0.15, 0.2) is 0 Å². The van der Waals surface area contributed by atoms with Gasteiger partial charge in [-0.25, -0.2) is 4.79 Å². The number of hydrogen-bond donors (Lipinski definition) is 4. The summed E-state index contributed by atoms with van der Waals surface area (Å²) in [5, 5.41) is 16.7. The number of amides is 3. The highest BCUT2D eigenvalue weighted by Crippen LogP contribution is 2.13. The second-order valence-corrected chi connectivity index (χ2v) is 6.17. The van der Waals surface area contributed by atoms with Crippen LogP contribution in [0.2, 0.25) is 0 Å². The van der Waals surface area contributed by atoms with Gasteiger partial charge < -0.3 is 25.8 Å². The molecular formula is C13H23N3O5. The molecule has 21 heavy (non-hydrogen) atoms. The molecule has 1 rings (SSSR count). The van der Waals surface area contributed by atoms with Crippen LogP contribution in [0.4, 0.5) is 4.79 Å². The number of urea groups is 1. The maximum atomic E-state index is 11.8. The number of nitrogens with one attached hydrogen (secondary N) is 3. The highest BCUT2D eigenvalue weighted by atomic mass is 16.5. The van der Waals surface area contributed by atoms with Gasteiger partial charge in [-0.05, 0) is 27.7 Å². The first-order chi connectivity index (χ1) is 9.60. The number of carbonyl (C=O) groups is 3. The van der Waals surface area contributed by atoms with Gasteiger partial charge in [0.05, 0.1) is 19.3 Å². The topological polar surface area (TPSA) is 117 Å². The Morgan fingerprint density at radius 1 is 1.24 bits per heavy atom. The van der Waals surface area contributed by atoms with Crippen molar-refractivity contribution < 1.29 is 24.2 Å². The predicted molar refractivity (Wildman–Crippen MR) is 74.8 cm³/mol. The van der Waals surface area contributed by atoms with E-state index in [2.05, 4.69) is 16.0 Å². The monoisotopic (exact) mass is 301 g/mol. The lowest BCUT2D eigenvalue weighted by Gasteiger charge is -2.24. The smallest absolute Gasteiger partial charge is 0.315 e. The van der Waals surface area contributed by atoms with E-state index in [4.69, 9.17) is 9.84 Å². The Hall–Kier alpha value is -1.83. The van der Waals surface area contributed by atoms with E-state index in [0.29, 0.717) is 0 Å². The van der Waals surface area contributed by atoms with Gasteiger partial charge in [0.15, 0.2) is 0 Å². The molecule has 3 amide bonds. The molecule has 3 unspecified atom stereocenters. The third-order valence-corrected chi connectivity index (χ3v) is 2.95. The maximum Gasteiger partial charge on any atom is 0.315 e. The summed E-state index contributed by atoms with van der Waals surface area (Å²) < 4.78 is 5.05. The van der Waals surface area contributed by atoms with Crippen LogP contribution >= 0.6 is 0 Å². The van der Waals surface area contributed by atoms with Gasteiger partial charge in [0.25, 0.3) is 0 Å². The molecule has 1 aliphatic heterocycles. The summed E-state index contributed by atoms with van der Waals surface area (Å²) in [5.74, 6) is -2.10. The minimum atomic E-state index is -1.02. The van der Waals surface area contributed by atoms with Crippen molar-refractivity contribution in [1.29, 1.82) is 0 Å². The summed E-state index contributed by atoms with van der Waals surface area (Å²) >= 11 is 0. The van der Waals surface area contributed by atoms with Gasteiger partial charge >= 0.3 is 12.0 Å². The van der Waals surface area contributed by atoms with Crippen LogP contribution in [0.3, 0.4) is 0 Å². The molecule has 0 radical (unpaired) electrons. The number of carboxylic acid groups (broad SMARTS) is 1. The fourth-order valence-electron chi connectivity index (χ4n) is 1.89. The number of hydrogen-bond acceptors (Lipinski definition) is 4. The van der Waals surface area contributed by atoms with Crippen molar-refractivity contribution in [2.24, 2.45) is 5.92 Å². The maximum absolute atomic E-state index is 11.8. The summed E-state index contributed by atoms with van der Waals surface area (Å²) in [5.41, 5.74) is -0.392. The number of rotatable bonds is 4. The Labute approximate surface area is 123 Å². The summed E-state index contributed by atoms with van der Waals surface area (Å²) in [6.45, 7) is 7.29. The molecule has 1 heterocycles. The lowest BCUT2D eigenvalue weighted by molar-refractivity contribution is -0.142. The number of carbonyl (C=O) groups excluding carboxylic acids is 2. The van der Waals surface area contributed by atoms with E-state index in [1.54, 1.807) is 6.92 Å². The Balaban J connectivity index is 2.46. The number of aliphatic carboxylic acids is 1. The Bertz CT molecular complexity index is 419. The summed E-state index contributed by atoms with van der Waals surface area (Å²) in [6, 6.07) is -1.91. The van der Waals surface area contributed by atoms with Crippen LogP contribution in [0.5, 0.6) is 0 Å². The third-order valence-electron chi connectivity index (χ3n) is 2.95. The first-order valence-electron chi connectivity index (χ1n) is 6.80. The summed E-state index contributed by atoms with van der Waals surface area (Å²) in [7, 11) is 0. The average molecular weight is 301 g/mol. The van der Waals surface area contributed by atoms with Gasteiger partial charge in [0, 0.05) is 5.54 Å². The van der Waals surface area contributed by atoms with E-state index in [1.807, 2.05) is 20.8 Å². The average Bonchev–Trinajstić information content (AvgIpc) is 2.74. The van der Waals surface area contributed by atoms with Crippen LogP contribution in [-0.4, -0.2) is 53.9 Å². The molecule has 1 fully saturated rings. The molecule has 3 atom stereocenters. The van der Waals surface area contributed by atoms with Crippen LogP contribution in [-0.2, 0) is 14.3 Å². The normalized spacial score (nSPS) is 23.2. The van der Waals surface area contributed by atoms with Crippen LogP contribution in [0, 0.1) is 5.92 Å². The van der Waals surface area contributed by atoms with Crippen LogP contribution < -0.4 is 16.0 Å². The van der Waals surface area contributed by atoms with Gasteiger partial charge in [0.2, 0.25) is 5.91 Å². The number of carboxylic acids is 1. The molecule has 4 N–H and O–H groups in total. The van der Waals surface area contributed by atoms with Crippen molar-refractivity contribution in [3.05, 3.63) is 0 Å². The fraction of sp³-hybridized carbons (Fsp3) is 0.769. The largest absolute Gasteiger partial charge is 0.481 e. The third kappa shape index (κ3) is 5.58. The summed E-state index contributed by atoms with van der Waals surface area (Å²) in [6.07, 6.45) is 0. The van der Waals surface area contributed by atoms with Crippen LogP contribution in [0.1, 0.15) is 27.7 Å². The standard InChI is InChI=1S/C13H23N3O5/c1-7(10(17)16-13(2,3)4)14-12(20)15-9-6-21-5-8(9)11(18)19/h7-9H,5-6H2,1-4H3,(H,16,17)(H,18,19)(H2,14,15,20). The van der Waals surface area contributed by atoms with Gasteiger partial charge in [-0.3, -0.25) is 9.59 Å². The minimum Gasteiger partial charge on any atom is -0.481 e. The lowest BCUT2D eigenvalue weighted by atomic mass is 10.0. The molecule has 0 saturated carbocycles. The molecule has 120 valence electrons. The van der Waals surface area contributed by atoms with Crippen molar-refractivity contribution in [1.82, 2.24) is 16.0 Å². The molecule has 8 heteroatoms. The van der Waals surface area contributed by atoms with E-state index < -0.39 is 35.5 Å². The summed E-state index contributed by atoms with van der Waals surface area (Å²) in [4.78, 5) is 34.6. The molecular weight excluding hydrogens is 278 g/mol. The minimum absolute atomic E-state index is 0.0698. The van der Waals surface area contributed by atoms with Gasteiger partial charge in [-0.15, -0.1) is 0 Å². The van der Waals surface area contributed by atoms with Crippen molar-refractivity contribution in [3.8, 4) is 0 Å². The number of ether oxygens (including phenoxy) is 1. The fourth-order valence-corrected chi connectivity index (χ4v) is 1.89. The zero-order valence-electron chi connectivity index (χ0n) is 12.7. The zero-order valence-corrected chi connectivity index (χ0v) is 12.7. The molecule has 1 saturated heterocycles. The molecule has 0 spiro atoms. The first-order valence-corrected chi connectivity index (χ1v) is 6.80. The SMILES string of the molecule is CC(NC(=O)NC1COCC1C(=O)O)C(=O)NC(C)(C)C. The van der Waals surface area contributed by atoms with E-state index in [-0.39, 0.29) is 19.1 Å². The molecule has 0 bridgehead atoms. The van der Waals surface area contributed by atoms with Crippen molar-refractivity contribution in [2.75, 3.05) is 13.2 Å². The molecule has 1 aliphatic rings. The Morgan fingerprint density at radius 2 is 1.86 bits per heavy atom. The molecule has 0 aliphatic carbocycles. The first kappa shape index (κ1) is 17.2. The van der Waals surface area contributed by atoms with E-state index in [0.717, 1.165) is 0 Å². The van der Waals surface area contributed by atoms with Gasteiger partial charge in [0.1, 0.15) is 12.0 Å². The highest BCUT2D eigenvalue weighted by Gasteiger charge is 2.35. The molecule has 8 nitrogen and oxygen atoms in total. The lowest BCUT2D eigenvalue weighted by Crippen LogP contribution is -2.55. The van der Waals surface area contributed by atoms with Crippen molar-refractivity contribution >= 4 is 17.9 Å². The van der Waals surface area contributed by atoms with Gasteiger partial charge in [-0.1, -0.05) is 0 Å².